The van der Waals surface area contributed by atoms with Crippen molar-refractivity contribution in [3.63, 3.8) is 0 Å². The van der Waals surface area contributed by atoms with Gasteiger partial charge in [-0.1, -0.05) is 11.6 Å². The summed E-state index contributed by atoms with van der Waals surface area (Å²) in [5, 5.41) is 3.41. The van der Waals surface area contributed by atoms with E-state index in [0.29, 0.717) is 45.1 Å². The zero-order valence-corrected chi connectivity index (χ0v) is 23.0. The van der Waals surface area contributed by atoms with Crippen molar-refractivity contribution in [3.8, 4) is 5.88 Å². The van der Waals surface area contributed by atoms with Gasteiger partial charge in [0.1, 0.15) is 5.52 Å². The van der Waals surface area contributed by atoms with E-state index in [2.05, 4.69) is 46.1 Å². The smallest absolute Gasteiger partial charge is 0.251 e. The molecule has 1 fully saturated rings. The molecule has 2 N–H and O–H groups in total. The molecule has 198 valence electrons. The van der Waals surface area contributed by atoms with Gasteiger partial charge in [0.05, 0.1) is 24.7 Å². The number of hydrogen-bond donors (Lipinski definition) is 2. The van der Waals surface area contributed by atoms with Crippen molar-refractivity contribution in [2.75, 3.05) is 32.6 Å². The van der Waals surface area contributed by atoms with Crippen molar-refractivity contribution >= 4 is 34.2 Å². The van der Waals surface area contributed by atoms with Crippen molar-refractivity contribution in [1.82, 2.24) is 20.2 Å². The quantitative estimate of drug-likeness (QED) is 0.449. The van der Waals surface area contributed by atoms with Crippen LogP contribution >= 0.6 is 11.6 Å². The van der Waals surface area contributed by atoms with Crippen LogP contribution in [0.2, 0.25) is 5.02 Å². The van der Waals surface area contributed by atoms with Gasteiger partial charge in [-0.25, -0.2) is 0 Å². The number of halogens is 1. The van der Waals surface area contributed by atoms with E-state index in [1.807, 2.05) is 13.0 Å². The van der Waals surface area contributed by atoms with Gasteiger partial charge < -0.3 is 24.8 Å². The number of ether oxygens (including phenoxy) is 1. The van der Waals surface area contributed by atoms with Crippen LogP contribution in [-0.2, 0) is 6.54 Å². The minimum Gasteiger partial charge on any atom is -0.482 e. The second-order valence-electron chi connectivity index (χ2n) is 9.86. The third-order valence-electron chi connectivity index (χ3n) is 7.53. The molecule has 2 aromatic heterocycles. The van der Waals surface area contributed by atoms with E-state index < -0.39 is 0 Å². The van der Waals surface area contributed by atoms with Crippen LogP contribution in [0.1, 0.15) is 54.1 Å². The molecule has 3 aromatic rings. The number of rotatable bonds is 8. The Morgan fingerprint density at radius 2 is 1.92 bits per heavy atom. The van der Waals surface area contributed by atoms with Crippen LogP contribution in [0.25, 0.3) is 11.0 Å². The van der Waals surface area contributed by atoms with Crippen LogP contribution in [-0.4, -0.2) is 60.6 Å². The summed E-state index contributed by atoms with van der Waals surface area (Å²) in [6.45, 7) is 4.93. The number of amides is 1. The first kappa shape index (κ1) is 26.9. The van der Waals surface area contributed by atoms with Crippen molar-refractivity contribution in [2.45, 2.75) is 58.2 Å². The number of pyridine rings is 2. The average molecular weight is 526 g/mol. The lowest BCUT2D eigenvalue weighted by molar-refractivity contribution is 0.0950. The highest BCUT2D eigenvalue weighted by atomic mass is 35.5. The van der Waals surface area contributed by atoms with Crippen molar-refractivity contribution < 1.29 is 9.53 Å². The molecule has 1 aliphatic rings. The van der Waals surface area contributed by atoms with Gasteiger partial charge in [-0.05, 0) is 83.5 Å². The SMILES string of the molecule is CCN(c1cc(Cl)cc(C(=O)NCc2c(OC)[nH]c3cccnc3c2=O)c1C)C1CCC(N(C)C)CC1. The van der Waals surface area contributed by atoms with Crippen LogP contribution in [0.5, 0.6) is 5.88 Å². The first-order valence-corrected chi connectivity index (χ1v) is 13.2. The topological polar surface area (TPSA) is 90.6 Å². The third-order valence-corrected chi connectivity index (χ3v) is 7.74. The summed E-state index contributed by atoms with van der Waals surface area (Å²) in [6, 6.07) is 8.17. The third kappa shape index (κ3) is 5.60. The lowest BCUT2D eigenvalue weighted by Crippen LogP contribution is -2.42. The number of nitrogens with one attached hydrogen (secondary N) is 2. The lowest BCUT2D eigenvalue weighted by Gasteiger charge is -2.40. The maximum absolute atomic E-state index is 13.4. The summed E-state index contributed by atoms with van der Waals surface area (Å²) in [6.07, 6.45) is 6.07. The number of nitrogens with zero attached hydrogens (tertiary/aromatic N) is 3. The van der Waals surface area contributed by atoms with E-state index in [0.717, 1.165) is 43.5 Å². The van der Waals surface area contributed by atoms with Crippen LogP contribution in [0.3, 0.4) is 0 Å². The highest BCUT2D eigenvalue weighted by Gasteiger charge is 2.28. The Kier molecular flexibility index (Phi) is 8.39. The monoisotopic (exact) mass is 525 g/mol. The van der Waals surface area contributed by atoms with Crippen LogP contribution < -0.4 is 20.4 Å². The number of fused-ring (bicyclic) bond motifs is 1. The van der Waals surface area contributed by atoms with E-state index in [1.165, 1.54) is 7.11 Å². The molecule has 0 unspecified atom stereocenters. The Hall–Kier alpha value is -3.10. The van der Waals surface area contributed by atoms with Crippen molar-refractivity contribution in [2.24, 2.45) is 0 Å². The van der Waals surface area contributed by atoms with Crippen LogP contribution in [0.15, 0.2) is 35.3 Å². The summed E-state index contributed by atoms with van der Waals surface area (Å²) >= 11 is 6.53. The van der Waals surface area contributed by atoms with Crippen molar-refractivity contribution in [3.05, 3.63) is 62.4 Å². The molecule has 0 aliphatic heterocycles. The fourth-order valence-electron chi connectivity index (χ4n) is 5.44. The maximum Gasteiger partial charge on any atom is 0.251 e. The van der Waals surface area contributed by atoms with E-state index in [1.54, 1.807) is 24.4 Å². The molecule has 0 spiro atoms. The Morgan fingerprint density at radius 1 is 1.22 bits per heavy atom. The first-order chi connectivity index (χ1) is 17.7. The Balaban J connectivity index is 1.58. The standard InChI is InChI=1S/C28H36ClN5O3/c1-6-34(20-11-9-19(10-12-20)33(3)4)24-15-18(29)14-21(17(24)2)27(36)31-16-22-26(35)25-23(8-7-13-30-25)32-28(22)37-5/h7-8,13-15,19-20H,6,9-12,16H2,1-5H3,(H,31,36)(H,32,35). The van der Waals surface area contributed by atoms with Gasteiger partial charge in [0.2, 0.25) is 5.43 Å². The predicted octanol–water partition coefficient (Wildman–Crippen LogP) is 4.52. The number of benzene rings is 1. The van der Waals surface area contributed by atoms with Crippen LogP contribution in [0, 0.1) is 6.92 Å². The summed E-state index contributed by atoms with van der Waals surface area (Å²) in [5.41, 5.74) is 3.27. The van der Waals surface area contributed by atoms with Gasteiger partial charge >= 0.3 is 0 Å². The molecule has 37 heavy (non-hydrogen) atoms. The minimum atomic E-state index is -0.295. The molecule has 0 atom stereocenters. The van der Waals surface area contributed by atoms with Gasteiger partial charge in [-0.15, -0.1) is 0 Å². The summed E-state index contributed by atoms with van der Waals surface area (Å²) in [7, 11) is 5.77. The number of anilines is 1. The van der Waals surface area contributed by atoms with E-state index in [4.69, 9.17) is 16.3 Å². The fraction of sp³-hybridized carbons (Fsp3) is 0.464. The molecule has 0 radical (unpaired) electrons. The number of carbonyl (C=O) groups is 1. The Labute approximate surface area is 223 Å². The van der Waals surface area contributed by atoms with Gasteiger partial charge in [-0.2, -0.15) is 0 Å². The molecule has 0 bridgehead atoms. The van der Waals surface area contributed by atoms with E-state index in [9.17, 15) is 9.59 Å². The fourth-order valence-corrected chi connectivity index (χ4v) is 5.65. The van der Waals surface area contributed by atoms with Gasteiger partial charge in [-0.3, -0.25) is 14.6 Å². The maximum atomic E-state index is 13.4. The highest BCUT2D eigenvalue weighted by Crippen LogP contribution is 2.34. The molecular formula is C28H36ClN5O3. The number of H-pyrrole nitrogens is 1. The lowest BCUT2D eigenvalue weighted by atomic mass is 9.89. The molecular weight excluding hydrogens is 490 g/mol. The molecule has 8 nitrogen and oxygen atoms in total. The molecule has 1 amide bonds. The average Bonchev–Trinajstić information content (AvgIpc) is 2.90. The Morgan fingerprint density at radius 3 is 2.57 bits per heavy atom. The minimum absolute atomic E-state index is 0.00280. The summed E-state index contributed by atoms with van der Waals surface area (Å²) in [4.78, 5) is 38.4. The molecule has 0 saturated heterocycles. The zero-order chi connectivity index (χ0) is 26.7. The normalized spacial score (nSPS) is 17.7. The van der Waals surface area contributed by atoms with Crippen molar-refractivity contribution in [1.29, 1.82) is 0 Å². The molecule has 1 aromatic carbocycles. The van der Waals surface area contributed by atoms with Gasteiger partial charge in [0, 0.05) is 41.1 Å². The molecule has 9 heteroatoms. The van der Waals surface area contributed by atoms with Crippen LogP contribution in [0.4, 0.5) is 5.69 Å². The number of aromatic nitrogens is 2. The van der Waals surface area contributed by atoms with E-state index in [-0.39, 0.29) is 17.9 Å². The number of methoxy groups -OCH3 is 1. The largest absolute Gasteiger partial charge is 0.482 e. The second kappa shape index (κ2) is 11.5. The summed E-state index contributed by atoms with van der Waals surface area (Å²) < 4.78 is 5.40. The Bertz CT molecular complexity index is 1330. The zero-order valence-electron chi connectivity index (χ0n) is 22.2. The summed E-state index contributed by atoms with van der Waals surface area (Å²) in [5.74, 6) is 0.0102. The van der Waals surface area contributed by atoms with Gasteiger partial charge in [0.25, 0.3) is 5.91 Å². The van der Waals surface area contributed by atoms with Gasteiger partial charge in [0.15, 0.2) is 5.88 Å². The van der Waals surface area contributed by atoms with E-state index >= 15 is 0 Å². The molecule has 4 rings (SSSR count). The second-order valence-corrected chi connectivity index (χ2v) is 10.3. The number of aromatic amines is 1. The molecule has 2 heterocycles. The molecule has 1 saturated carbocycles. The molecule has 1 aliphatic carbocycles. The number of hydrogen-bond acceptors (Lipinski definition) is 6. The number of carbonyl (C=O) groups excluding carboxylic acids is 1. The predicted molar refractivity (Wildman–Crippen MR) is 149 cm³/mol. The first-order valence-electron chi connectivity index (χ1n) is 12.8. The highest BCUT2D eigenvalue weighted by molar-refractivity contribution is 6.31.